The fourth-order valence-electron chi connectivity index (χ4n) is 1.91. The van der Waals surface area contributed by atoms with Crippen molar-refractivity contribution >= 4 is 27.8 Å². The predicted octanol–water partition coefficient (Wildman–Crippen LogP) is 2.14. The zero-order chi connectivity index (χ0) is 13.1. The summed E-state index contributed by atoms with van der Waals surface area (Å²) < 4.78 is 13.1. The normalized spacial score (nSPS) is 14.6. The van der Waals surface area contributed by atoms with Crippen LogP contribution in [0.1, 0.15) is 13.3 Å². The number of nitrogens with one attached hydrogen (secondary N) is 1. The monoisotopic (exact) mass is 265 g/mol. The number of benzene rings is 1. The summed E-state index contributed by atoms with van der Waals surface area (Å²) in [7, 11) is 1.27. The van der Waals surface area contributed by atoms with Crippen LogP contribution in [0.15, 0.2) is 24.3 Å². The van der Waals surface area contributed by atoms with Crippen LogP contribution in [0.3, 0.4) is 0 Å². The first-order valence-corrected chi connectivity index (χ1v) is 7.78. The average Bonchev–Trinajstić information content (AvgIpc) is 2.65. The molecule has 0 saturated carbocycles. The number of anilines is 1. The van der Waals surface area contributed by atoms with Crippen LogP contribution in [0.2, 0.25) is 0 Å². The number of imidazole rings is 1. The van der Waals surface area contributed by atoms with Crippen molar-refractivity contribution in [2.24, 2.45) is 7.05 Å². The molecule has 2 unspecified atom stereocenters. The van der Waals surface area contributed by atoms with Gasteiger partial charge in [-0.3, -0.25) is 4.21 Å². The SMILES string of the molecule is CC(CCS(C)=O)Nc1nc2ccccc2n1C. The highest BCUT2D eigenvalue weighted by molar-refractivity contribution is 7.84. The van der Waals surface area contributed by atoms with E-state index in [1.54, 1.807) is 6.26 Å². The quantitative estimate of drug-likeness (QED) is 0.901. The Balaban J connectivity index is 2.11. The molecule has 0 aliphatic rings. The summed E-state index contributed by atoms with van der Waals surface area (Å²) in [5.41, 5.74) is 2.11. The van der Waals surface area contributed by atoms with Gasteiger partial charge in [-0.15, -0.1) is 0 Å². The second kappa shape index (κ2) is 5.52. The molecule has 2 atom stereocenters. The number of rotatable bonds is 5. The van der Waals surface area contributed by atoms with Gasteiger partial charge in [-0.2, -0.15) is 0 Å². The molecule has 1 aromatic carbocycles. The minimum Gasteiger partial charge on any atom is -0.353 e. The summed E-state index contributed by atoms with van der Waals surface area (Å²) in [6, 6.07) is 8.33. The highest BCUT2D eigenvalue weighted by atomic mass is 32.2. The first-order chi connectivity index (χ1) is 8.58. The molecule has 2 rings (SSSR count). The third kappa shape index (κ3) is 2.90. The summed E-state index contributed by atoms with van der Waals surface area (Å²) in [4.78, 5) is 4.56. The van der Waals surface area contributed by atoms with Crippen LogP contribution in [0, 0.1) is 0 Å². The molecule has 18 heavy (non-hydrogen) atoms. The lowest BCUT2D eigenvalue weighted by Crippen LogP contribution is -2.20. The van der Waals surface area contributed by atoms with Crippen molar-refractivity contribution in [3.63, 3.8) is 0 Å². The van der Waals surface area contributed by atoms with Crippen molar-refractivity contribution in [1.82, 2.24) is 9.55 Å². The molecule has 0 saturated heterocycles. The van der Waals surface area contributed by atoms with E-state index in [0.717, 1.165) is 29.2 Å². The Kier molecular flexibility index (Phi) is 4.01. The van der Waals surface area contributed by atoms with E-state index in [2.05, 4.69) is 27.9 Å². The summed E-state index contributed by atoms with van der Waals surface area (Å²) in [6.45, 7) is 2.09. The van der Waals surface area contributed by atoms with Crippen LogP contribution in [0.5, 0.6) is 0 Å². The maximum atomic E-state index is 11.1. The zero-order valence-corrected chi connectivity index (χ0v) is 11.8. The largest absolute Gasteiger partial charge is 0.353 e. The van der Waals surface area contributed by atoms with Gasteiger partial charge < -0.3 is 9.88 Å². The van der Waals surface area contributed by atoms with Gasteiger partial charge in [-0.1, -0.05) is 12.1 Å². The van der Waals surface area contributed by atoms with Crippen molar-refractivity contribution in [1.29, 1.82) is 0 Å². The minimum absolute atomic E-state index is 0.268. The van der Waals surface area contributed by atoms with E-state index in [0.29, 0.717) is 0 Å². The van der Waals surface area contributed by atoms with Gasteiger partial charge in [-0.25, -0.2) is 4.98 Å². The van der Waals surface area contributed by atoms with Gasteiger partial charge >= 0.3 is 0 Å². The van der Waals surface area contributed by atoms with E-state index in [1.807, 2.05) is 25.2 Å². The predicted molar refractivity (Wildman–Crippen MR) is 77.3 cm³/mol. The van der Waals surface area contributed by atoms with Crippen LogP contribution in [-0.2, 0) is 17.8 Å². The molecule has 4 nitrogen and oxygen atoms in total. The highest BCUT2D eigenvalue weighted by Gasteiger charge is 2.10. The van der Waals surface area contributed by atoms with Gasteiger partial charge in [0.1, 0.15) is 0 Å². The molecule has 0 spiro atoms. The molecule has 1 N–H and O–H groups in total. The first kappa shape index (κ1) is 13.1. The van der Waals surface area contributed by atoms with Crippen molar-refractivity contribution in [2.45, 2.75) is 19.4 Å². The first-order valence-electron chi connectivity index (χ1n) is 6.06. The van der Waals surface area contributed by atoms with Crippen LogP contribution < -0.4 is 5.32 Å². The molecule has 0 bridgehead atoms. The number of nitrogens with zero attached hydrogens (tertiary/aromatic N) is 2. The second-order valence-electron chi connectivity index (χ2n) is 4.59. The van der Waals surface area contributed by atoms with Crippen molar-refractivity contribution in [3.05, 3.63) is 24.3 Å². The van der Waals surface area contributed by atoms with Crippen LogP contribution in [0.4, 0.5) is 5.95 Å². The third-order valence-corrected chi connectivity index (χ3v) is 3.81. The number of para-hydroxylation sites is 2. The van der Waals surface area contributed by atoms with E-state index >= 15 is 0 Å². The fraction of sp³-hybridized carbons (Fsp3) is 0.462. The third-order valence-electron chi connectivity index (χ3n) is 3.00. The van der Waals surface area contributed by atoms with E-state index in [9.17, 15) is 4.21 Å². The van der Waals surface area contributed by atoms with E-state index in [4.69, 9.17) is 0 Å². The van der Waals surface area contributed by atoms with Gasteiger partial charge in [-0.05, 0) is 25.5 Å². The Morgan fingerprint density at radius 3 is 2.83 bits per heavy atom. The van der Waals surface area contributed by atoms with E-state index in [1.165, 1.54) is 0 Å². The zero-order valence-electron chi connectivity index (χ0n) is 11.0. The van der Waals surface area contributed by atoms with Crippen molar-refractivity contribution < 1.29 is 4.21 Å². The van der Waals surface area contributed by atoms with Gasteiger partial charge in [0.05, 0.1) is 11.0 Å². The Morgan fingerprint density at radius 2 is 2.17 bits per heavy atom. The topological polar surface area (TPSA) is 46.9 Å². The van der Waals surface area contributed by atoms with Crippen LogP contribution >= 0.6 is 0 Å². The Labute approximate surface area is 110 Å². The lowest BCUT2D eigenvalue weighted by molar-refractivity contribution is 0.677. The van der Waals surface area contributed by atoms with Gasteiger partial charge in [0, 0.05) is 35.9 Å². The summed E-state index contributed by atoms with van der Waals surface area (Å²) >= 11 is 0. The molecule has 0 aliphatic heterocycles. The Morgan fingerprint density at radius 1 is 1.44 bits per heavy atom. The number of aromatic nitrogens is 2. The molecule has 2 aromatic rings. The molecule has 0 aliphatic carbocycles. The maximum absolute atomic E-state index is 11.1. The summed E-state index contributed by atoms with van der Waals surface area (Å²) in [6.07, 6.45) is 2.62. The maximum Gasteiger partial charge on any atom is 0.203 e. The summed E-state index contributed by atoms with van der Waals surface area (Å²) in [5.74, 6) is 1.59. The number of fused-ring (bicyclic) bond motifs is 1. The lowest BCUT2D eigenvalue weighted by atomic mass is 10.3. The average molecular weight is 265 g/mol. The molecule has 98 valence electrons. The molecular weight excluding hydrogens is 246 g/mol. The molecule has 5 heteroatoms. The lowest BCUT2D eigenvalue weighted by Gasteiger charge is -2.13. The summed E-state index contributed by atoms with van der Waals surface area (Å²) in [5, 5.41) is 3.37. The Bertz CT molecular complexity index is 564. The van der Waals surface area contributed by atoms with Crippen LogP contribution in [-0.4, -0.2) is 31.8 Å². The number of hydrogen-bond acceptors (Lipinski definition) is 3. The Hall–Kier alpha value is -1.36. The van der Waals surface area contributed by atoms with Gasteiger partial charge in [0.15, 0.2) is 0 Å². The van der Waals surface area contributed by atoms with E-state index < -0.39 is 10.8 Å². The minimum atomic E-state index is -0.731. The fourth-order valence-corrected chi connectivity index (χ4v) is 2.60. The van der Waals surface area contributed by atoms with Crippen LogP contribution in [0.25, 0.3) is 11.0 Å². The highest BCUT2D eigenvalue weighted by Crippen LogP contribution is 2.18. The standard InChI is InChI=1S/C13H19N3OS/c1-10(8-9-18(3)17)14-13-15-11-6-4-5-7-12(11)16(13)2/h4-7,10H,8-9H2,1-3H3,(H,14,15). The molecule has 0 fully saturated rings. The number of aryl methyl sites for hydroxylation is 1. The molecular formula is C13H19N3OS. The second-order valence-corrected chi connectivity index (χ2v) is 6.15. The van der Waals surface area contributed by atoms with Crippen molar-refractivity contribution in [3.8, 4) is 0 Å². The van der Waals surface area contributed by atoms with Gasteiger partial charge in [0.25, 0.3) is 0 Å². The molecule has 1 aromatic heterocycles. The van der Waals surface area contributed by atoms with E-state index in [-0.39, 0.29) is 6.04 Å². The molecule has 0 amide bonds. The molecule has 1 heterocycles. The number of hydrogen-bond donors (Lipinski definition) is 1. The van der Waals surface area contributed by atoms with Crippen molar-refractivity contribution in [2.75, 3.05) is 17.3 Å². The smallest absolute Gasteiger partial charge is 0.203 e. The van der Waals surface area contributed by atoms with Gasteiger partial charge in [0.2, 0.25) is 5.95 Å². The molecule has 0 radical (unpaired) electrons.